The third-order valence-electron chi connectivity index (χ3n) is 4.71. The van der Waals surface area contributed by atoms with Crippen molar-refractivity contribution in [2.45, 2.75) is 20.3 Å². The number of amides is 2. The number of anilines is 2. The van der Waals surface area contributed by atoms with Crippen molar-refractivity contribution >= 4 is 23.2 Å². The molecule has 2 N–H and O–H groups in total. The first kappa shape index (κ1) is 20.1. The van der Waals surface area contributed by atoms with E-state index in [1.165, 1.54) is 0 Å². The maximum absolute atomic E-state index is 12.8. The van der Waals surface area contributed by atoms with Crippen molar-refractivity contribution in [3.63, 3.8) is 0 Å². The molecule has 0 aromatic heterocycles. The second-order valence-corrected chi connectivity index (χ2v) is 6.68. The lowest BCUT2D eigenvalue weighted by Crippen LogP contribution is -2.16. The zero-order chi connectivity index (χ0) is 20.8. The smallest absolute Gasteiger partial charge is 0.255 e. The van der Waals surface area contributed by atoms with Gasteiger partial charge in [-0.3, -0.25) is 9.59 Å². The minimum Gasteiger partial charge on any atom is -0.497 e. The van der Waals surface area contributed by atoms with E-state index in [9.17, 15) is 9.59 Å². The van der Waals surface area contributed by atoms with Crippen LogP contribution in [0.5, 0.6) is 5.75 Å². The van der Waals surface area contributed by atoms with Gasteiger partial charge in [0.2, 0.25) is 0 Å². The number of aryl methyl sites for hydroxylation is 2. The molecule has 3 aromatic carbocycles. The van der Waals surface area contributed by atoms with Gasteiger partial charge in [0.15, 0.2) is 0 Å². The van der Waals surface area contributed by atoms with Crippen LogP contribution in [0.25, 0.3) is 0 Å². The first-order valence-electron chi connectivity index (χ1n) is 9.47. The van der Waals surface area contributed by atoms with Gasteiger partial charge in [0.1, 0.15) is 5.75 Å². The number of ether oxygens (including phenoxy) is 1. The number of hydrogen-bond donors (Lipinski definition) is 2. The number of hydrogen-bond acceptors (Lipinski definition) is 3. The minimum absolute atomic E-state index is 0.243. The maximum Gasteiger partial charge on any atom is 0.255 e. The Balaban J connectivity index is 1.76. The minimum atomic E-state index is -0.282. The molecule has 0 aliphatic rings. The van der Waals surface area contributed by atoms with Crippen LogP contribution in [0.4, 0.5) is 11.4 Å². The van der Waals surface area contributed by atoms with Crippen molar-refractivity contribution in [3.05, 3.63) is 89.0 Å². The number of methoxy groups -OCH3 is 1. The highest BCUT2D eigenvalue weighted by Crippen LogP contribution is 2.22. The number of carbonyl (C=O) groups is 2. The number of carbonyl (C=O) groups excluding carboxylic acids is 2. The van der Waals surface area contributed by atoms with Crippen molar-refractivity contribution in [1.82, 2.24) is 0 Å². The highest BCUT2D eigenvalue weighted by atomic mass is 16.5. The van der Waals surface area contributed by atoms with Gasteiger partial charge in [0.25, 0.3) is 11.8 Å². The second-order valence-electron chi connectivity index (χ2n) is 6.68. The van der Waals surface area contributed by atoms with Gasteiger partial charge in [-0.25, -0.2) is 0 Å². The van der Waals surface area contributed by atoms with Gasteiger partial charge in [0, 0.05) is 22.5 Å². The van der Waals surface area contributed by atoms with Crippen molar-refractivity contribution in [2.24, 2.45) is 0 Å². The van der Waals surface area contributed by atoms with Crippen molar-refractivity contribution in [2.75, 3.05) is 17.7 Å². The Kier molecular flexibility index (Phi) is 6.29. The van der Waals surface area contributed by atoms with Crippen LogP contribution in [0.3, 0.4) is 0 Å². The van der Waals surface area contributed by atoms with Gasteiger partial charge >= 0.3 is 0 Å². The van der Waals surface area contributed by atoms with Crippen LogP contribution in [0.1, 0.15) is 38.8 Å². The molecule has 5 nitrogen and oxygen atoms in total. The summed E-state index contributed by atoms with van der Waals surface area (Å²) in [5, 5.41) is 5.82. The molecular formula is C24H24N2O3. The normalized spacial score (nSPS) is 10.3. The van der Waals surface area contributed by atoms with E-state index in [0.717, 1.165) is 23.2 Å². The fraction of sp³-hybridized carbons (Fsp3) is 0.167. The Morgan fingerprint density at radius 3 is 2.10 bits per heavy atom. The summed E-state index contributed by atoms with van der Waals surface area (Å²) in [4.78, 5) is 25.4. The predicted molar refractivity (Wildman–Crippen MR) is 116 cm³/mol. The van der Waals surface area contributed by atoms with Crippen LogP contribution >= 0.6 is 0 Å². The van der Waals surface area contributed by atoms with E-state index in [-0.39, 0.29) is 11.8 Å². The molecule has 3 rings (SSSR count). The van der Waals surface area contributed by atoms with E-state index in [0.29, 0.717) is 22.6 Å². The molecule has 0 fully saturated rings. The Hall–Kier alpha value is -3.60. The molecule has 5 heteroatoms. The Morgan fingerprint density at radius 1 is 0.862 bits per heavy atom. The predicted octanol–water partition coefficient (Wildman–Crippen LogP) is 5.07. The van der Waals surface area contributed by atoms with Crippen LogP contribution in [-0.4, -0.2) is 18.9 Å². The van der Waals surface area contributed by atoms with E-state index < -0.39 is 0 Å². The van der Waals surface area contributed by atoms with Gasteiger partial charge in [-0.05, 0) is 66.9 Å². The molecule has 0 heterocycles. The van der Waals surface area contributed by atoms with Crippen molar-refractivity contribution in [3.8, 4) is 5.75 Å². The molecule has 0 aliphatic carbocycles. The summed E-state index contributed by atoms with van der Waals surface area (Å²) in [7, 11) is 1.59. The number of rotatable bonds is 6. The zero-order valence-corrected chi connectivity index (χ0v) is 16.8. The zero-order valence-electron chi connectivity index (χ0n) is 16.8. The fourth-order valence-electron chi connectivity index (χ4n) is 3.07. The quantitative estimate of drug-likeness (QED) is 0.619. The summed E-state index contributed by atoms with van der Waals surface area (Å²) in [6.45, 7) is 4.02. The van der Waals surface area contributed by atoms with Crippen LogP contribution < -0.4 is 15.4 Å². The van der Waals surface area contributed by atoms with Gasteiger partial charge in [0.05, 0.1) is 7.11 Å². The van der Waals surface area contributed by atoms with Crippen LogP contribution in [-0.2, 0) is 6.42 Å². The summed E-state index contributed by atoms with van der Waals surface area (Å²) in [6, 6.07) is 19.7. The average Bonchev–Trinajstić information content (AvgIpc) is 2.75. The molecule has 0 saturated heterocycles. The summed E-state index contributed by atoms with van der Waals surface area (Å²) in [5.74, 6) is 0.187. The topological polar surface area (TPSA) is 67.4 Å². The van der Waals surface area contributed by atoms with Gasteiger partial charge < -0.3 is 15.4 Å². The second kappa shape index (κ2) is 9.06. The van der Waals surface area contributed by atoms with Crippen LogP contribution in [0.2, 0.25) is 0 Å². The van der Waals surface area contributed by atoms with Crippen LogP contribution in [0.15, 0.2) is 66.7 Å². The van der Waals surface area contributed by atoms with Gasteiger partial charge in [-0.15, -0.1) is 0 Å². The summed E-state index contributed by atoms with van der Waals surface area (Å²) in [6.07, 6.45) is 0.821. The van der Waals surface area contributed by atoms with E-state index in [1.54, 1.807) is 55.6 Å². The molecule has 0 bridgehead atoms. The third kappa shape index (κ3) is 4.82. The Bertz CT molecular complexity index is 1030. The average molecular weight is 388 g/mol. The lowest BCUT2D eigenvalue weighted by Gasteiger charge is -2.13. The lowest BCUT2D eigenvalue weighted by atomic mass is 10.0. The number of para-hydroxylation sites is 1. The SMILES string of the molecule is CCc1cccc(C)c1NC(=O)c1cccc(C(=O)Nc2ccc(OC)cc2)c1. The van der Waals surface area contributed by atoms with E-state index in [2.05, 4.69) is 17.6 Å². The molecule has 3 aromatic rings. The monoisotopic (exact) mass is 388 g/mol. The summed E-state index contributed by atoms with van der Waals surface area (Å²) < 4.78 is 5.12. The standard InChI is InChI=1S/C24H24N2O3/c1-4-17-8-5-7-16(2)22(17)26-24(28)19-10-6-9-18(15-19)23(27)25-20-11-13-21(29-3)14-12-20/h5-15H,4H2,1-3H3,(H,25,27)(H,26,28). The van der Waals surface area contributed by atoms with E-state index in [4.69, 9.17) is 4.74 Å². The molecule has 0 unspecified atom stereocenters. The molecular weight excluding hydrogens is 364 g/mol. The molecule has 29 heavy (non-hydrogen) atoms. The van der Waals surface area contributed by atoms with E-state index in [1.807, 2.05) is 25.1 Å². The maximum atomic E-state index is 12.8. The molecule has 0 radical (unpaired) electrons. The third-order valence-corrected chi connectivity index (χ3v) is 4.71. The molecule has 0 atom stereocenters. The number of benzene rings is 3. The Morgan fingerprint density at radius 2 is 1.48 bits per heavy atom. The molecule has 2 amide bonds. The van der Waals surface area contributed by atoms with Gasteiger partial charge in [-0.1, -0.05) is 31.2 Å². The number of nitrogens with one attached hydrogen (secondary N) is 2. The first-order valence-corrected chi connectivity index (χ1v) is 9.47. The molecule has 148 valence electrons. The highest BCUT2D eigenvalue weighted by molar-refractivity contribution is 6.09. The molecule has 0 spiro atoms. The molecule has 0 saturated carbocycles. The van der Waals surface area contributed by atoms with Crippen LogP contribution in [0, 0.1) is 6.92 Å². The fourth-order valence-corrected chi connectivity index (χ4v) is 3.07. The molecule has 0 aliphatic heterocycles. The van der Waals surface area contributed by atoms with Crippen molar-refractivity contribution in [1.29, 1.82) is 0 Å². The highest BCUT2D eigenvalue weighted by Gasteiger charge is 2.13. The largest absolute Gasteiger partial charge is 0.497 e. The summed E-state index contributed by atoms with van der Waals surface area (Å²) in [5.41, 5.74) is 4.40. The van der Waals surface area contributed by atoms with E-state index >= 15 is 0 Å². The lowest BCUT2D eigenvalue weighted by molar-refractivity contribution is 0.102. The Labute approximate surface area is 170 Å². The van der Waals surface area contributed by atoms with Crippen molar-refractivity contribution < 1.29 is 14.3 Å². The summed E-state index contributed by atoms with van der Waals surface area (Å²) >= 11 is 0. The van der Waals surface area contributed by atoms with Gasteiger partial charge in [-0.2, -0.15) is 0 Å². The first-order chi connectivity index (χ1) is 14.0.